The number of nitrogen functional groups attached to an aromatic ring is 1. The van der Waals surface area contributed by atoms with Gasteiger partial charge in [0.05, 0.1) is 12.0 Å². The molecule has 0 bridgehead atoms. The molecule has 0 amide bonds. The minimum atomic E-state index is -1.15. The van der Waals surface area contributed by atoms with Gasteiger partial charge in [-0.25, -0.2) is 9.97 Å². The van der Waals surface area contributed by atoms with E-state index in [9.17, 15) is 15.3 Å². The summed E-state index contributed by atoms with van der Waals surface area (Å²) in [6.45, 7) is 1.61. The lowest BCUT2D eigenvalue weighted by Gasteiger charge is -2.17. The Morgan fingerprint density at radius 3 is 2.71 bits per heavy atom. The van der Waals surface area contributed by atoms with Gasteiger partial charge in [0.25, 0.3) is 0 Å². The zero-order valence-corrected chi connectivity index (χ0v) is 11.5. The van der Waals surface area contributed by atoms with E-state index in [0.29, 0.717) is 11.5 Å². The van der Waals surface area contributed by atoms with Gasteiger partial charge in [-0.1, -0.05) is 6.92 Å². The Hall–Kier alpha value is -1.74. The Bertz CT molecular complexity index is 659. The number of ether oxygens (including phenoxy) is 1. The molecule has 3 heterocycles. The Morgan fingerprint density at radius 1 is 1.33 bits per heavy atom. The van der Waals surface area contributed by atoms with Gasteiger partial charge in [-0.05, 0) is 12.0 Å². The molecule has 3 rings (SSSR count). The molecule has 21 heavy (non-hydrogen) atoms. The van der Waals surface area contributed by atoms with Crippen molar-refractivity contribution in [2.75, 3.05) is 12.3 Å². The van der Waals surface area contributed by atoms with Gasteiger partial charge in [0, 0.05) is 6.20 Å². The van der Waals surface area contributed by atoms with Crippen LogP contribution in [0.3, 0.4) is 0 Å². The zero-order valence-electron chi connectivity index (χ0n) is 11.5. The summed E-state index contributed by atoms with van der Waals surface area (Å²) < 4.78 is 7.17. The molecule has 0 aliphatic carbocycles. The third kappa shape index (κ3) is 2.07. The van der Waals surface area contributed by atoms with Crippen LogP contribution in [-0.4, -0.2) is 54.8 Å². The Balaban J connectivity index is 2.11. The number of aryl methyl sites for hydroxylation is 1. The number of nitrogens with two attached hydrogens (primary N) is 1. The first-order valence-corrected chi connectivity index (χ1v) is 6.80. The van der Waals surface area contributed by atoms with Gasteiger partial charge in [-0.2, -0.15) is 0 Å². The van der Waals surface area contributed by atoms with Crippen LogP contribution in [0.25, 0.3) is 11.0 Å². The number of hydrogen-bond acceptors (Lipinski definition) is 7. The number of rotatable bonds is 3. The quantitative estimate of drug-likeness (QED) is 0.583. The minimum absolute atomic E-state index is 0.363. The summed E-state index contributed by atoms with van der Waals surface area (Å²) in [6.07, 6.45) is -0.109. The maximum absolute atomic E-state index is 10.1. The van der Waals surface area contributed by atoms with E-state index in [-0.39, 0.29) is 6.61 Å². The van der Waals surface area contributed by atoms with E-state index in [4.69, 9.17) is 10.5 Å². The number of hydrogen-bond donors (Lipinski definition) is 4. The highest BCUT2D eigenvalue weighted by Crippen LogP contribution is 2.34. The van der Waals surface area contributed by atoms with Crippen molar-refractivity contribution in [1.82, 2.24) is 14.5 Å². The molecule has 2 aromatic rings. The van der Waals surface area contributed by atoms with Crippen LogP contribution in [0.1, 0.15) is 18.7 Å². The van der Waals surface area contributed by atoms with Crippen molar-refractivity contribution in [1.29, 1.82) is 0 Å². The zero-order chi connectivity index (χ0) is 15.1. The summed E-state index contributed by atoms with van der Waals surface area (Å²) in [4.78, 5) is 8.18. The second-order valence-electron chi connectivity index (χ2n) is 5.10. The van der Waals surface area contributed by atoms with Gasteiger partial charge in [0.15, 0.2) is 6.23 Å². The molecular weight excluding hydrogens is 276 g/mol. The van der Waals surface area contributed by atoms with E-state index in [1.807, 2.05) is 6.92 Å². The third-order valence-corrected chi connectivity index (χ3v) is 3.89. The molecule has 2 aromatic heterocycles. The molecular formula is C13H18N4O4. The van der Waals surface area contributed by atoms with Crippen molar-refractivity contribution in [2.24, 2.45) is 0 Å². The molecule has 1 fully saturated rings. The van der Waals surface area contributed by atoms with Gasteiger partial charge in [-0.15, -0.1) is 0 Å². The lowest BCUT2D eigenvalue weighted by molar-refractivity contribution is -0.0509. The van der Waals surface area contributed by atoms with Gasteiger partial charge < -0.3 is 30.4 Å². The largest absolute Gasteiger partial charge is 0.394 e. The summed E-state index contributed by atoms with van der Waals surface area (Å²) >= 11 is 0. The van der Waals surface area contributed by atoms with Crippen LogP contribution in [-0.2, 0) is 11.2 Å². The second-order valence-corrected chi connectivity index (χ2v) is 5.10. The monoisotopic (exact) mass is 294 g/mol. The maximum atomic E-state index is 10.1. The second kappa shape index (κ2) is 5.23. The van der Waals surface area contributed by atoms with Crippen molar-refractivity contribution < 1.29 is 20.1 Å². The first-order valence-electron chi connectivity index (χ1n) is 6.80. The molecule has 4 atom stereocenters. The number of aliphatic hydroxyl groups excluding tert-OH is 3. The number of nitrogens with zero attached hydrogens (tertiary/aromatic N) is 3. The SMILES string of the molecule is CCc1cn([C@@H]2O[C@H](CO)C(O)C2O)c2ncnc(N)c12. The van der Waals surface area contributed by atoms with Crippen molar-refractivity contribution in [3.8, 4) is 0 Å². The van der Waals surface area contributed by atoms with E-state index in [1.165, 1.54) is 6.33 Å². The maximum Gasteiger partial charge on any atom is 0.164 e. The van der Waals surface area contributed by atoms with E-state index >= 15 is 0 Å². The summed E-state index contributed by atoms with van der Waals surface area (Å²) in [5.41, 5.74) is 7.37. The molecule has 8 heteroatoms. The van der Waals surface area contributed by atoms with Crippen molar-refractivity contribution >= 4 is 16.9 Å². The Kier molecular flexibility index (Phi) is 3.54. The van der Waals surface area contributed by atoms with Crippen LogP contribution in [0, 0.1) is 0 Å². The van der Waals surface area contributed by atoms with E-state index < -0.39 is 24.5 Å². The molecule has 0 aromatic carbocycles. The summed E-state index contributed by atoms with van der Waals surface area (Å²) in [5.74, 6) is 0.363. The van der Waals surface area contributed by atoms with Crippen LogP contribution < -0.4 is 5.73 Å². The molecule has 2 unspecified atom stereocenters. The van der Waals surface area contributed by atoms with E-state index in [2.05, 4.69) is 9.97 Å². The number of aliphatic hydroxyl groups is 3. The van der Waals surface area contributed by atoms with Crippen molar-refractivity contribution in [3.05, 3.63) is 18.1 Å². The number of fused-ring (bicyclic) bond motifs is 1. The molecule has 114 valence electrons. The van der Waals surface area contributed by atoms with Crippen molar-refractivity contribution in [2.45, 2.75) is 37.9 Å². The van der Waals surface area contributed by atoms with Gasteiger partial charge in [-0.3, -0.25) is 0 Å². The summed E-state index contributed by atoms with van der Waals surface area (Å²) in [5, 5.41) is 29.9. The van der Waals surface area contributed by atoms with Gasteiger partial charge in [0.1, 0.15) is 36.1 Å². The predicted molar refractivity (Wildman–Crippen MR) is 74.3 cm³/mol. The predicted octanol–water partition coefficient (Wildman–Crippen LogP) is -0.813. The Labute approximate surface area is 120 Å². The summed E-state index contributed by atoms with van der Waals surface area (Å²) in [6, 6.07) is 0. The molecule has 0 radical (unpaired) electrons. The van der Waals surface area contributed by atoms with Crippen LogP contribution in [0.4, 0.5) is 5.82 Å². The van der Waals surface area contributed by atoms with Gasteiger partial charge >= 0.3 is 0 Å². The molecule has 1 aliphatic rings. The summed E-state index contributed by atoms with van der Waals surface area (Å²) in [7, 11) is 0. The van der Waals surface area contributed by atoms with Crippen molar-refractivity contribution in [3.63, 3.8) is 0 Å². The molecule has 1 aliphatic heterocycles. The molecule has 1 saturated heterocycles. The molecule has 5 N–H and O–H groups in total. The Morgan fingerprint density at radius 2 is 2.10 bits per heavy atom. The first-order chi connectivity index (χ1) is 10.1. The standard InChI is InChI=1S/C13H18N4O4/c1-2-6-3-17(12-8(6)11(14)15-5-16-12)13-10(20)9(19)7(4-18)21-13/h3,5,7,9-10,13,18-20H,2,4H2,1H3,(H2,14,15,16)/t7-,9?,10?,13-/m1/s1. The van der Waals surface area contributed by atoms with Crippen LogP contribution in [0.5, 0.6) is 0 Å². The smallest absolute Gasteiger partial charge is 0.164 e. The van der Waals surface area contributed by atoms with E-state index in [1.54, 1.807) is 10.8 Å². The lowest BCUT2D eigenvalue weighted by Crippen LogP contribution is -2.33. The van der Waals surface area contributed by atoms with Crippen LogP contribution >= 0.6 is 0 Å². The van der Waals surface area contributed by atoms with Crippen LogP contribution in [0.15, 0.2) is 12.5 Å². The fourth-order valence-electron chi connectivity index (χ4n) is 2.76. The topological polar surface area (TPSA) is 127 Å². The highest BCUT2D eigenvalue weighted by atomic mass is 16.6. The number of aromatic nitrogens is 3. The fourth-order valence-corrected chi connectivity index (χ4v) is 2.76. The number of anilines is 1. The van der Waals surface area contributed by atoms with Gasteiger partial charge in [0.2, 0.25) is 0 Å². The highest BCUT2D eigenvalue weighted by molar-refractivity contribution is 5.89. The first kappa shape index (κ1) is 14.2. The minimum Gasteiger partial charge on any atom is -0.394 e. The lowest BCUT2D eigenvalue weighted by atomic mass is 10.1. The molecule has 8 nitrogen and oxygen atoms in total. The fraction of sp³-hybridized carbons (Fsp3) is 0.538. The third-order valence-electron chi connectivity index (χ3n) is 3.89. The molecule has 0 saturated carbocycles. The average molecular weight is 294 g/mol. The highest BCUT2D eigenvalue weighted by Gasteiger charge is 2.44. The molecule has 0 spiro atoms. The average Bonchev–Trinajstić information content (AvgIpc) is 2.99. The normalized spacial score (nSPS) is 29.3. The van der Waals surface area contributed by atoms with E-state index in [0.717, 1.165) is 17.4 Å². The van der Waals surface area contributed by atoms with Crippen LogP contribution in [0.2, 0.25) is 0 Å².